The predicted molar refractivity (Wildman–Crippen MR) is 148 cm³/mol. The zero-order valence-electron chi connectivity index (χ0n) is 22.8. The van der Waals surface area contributed by atoms with Crippen LogP contribution in [0.5, 0.6) is 11.8 Å². The van der Waals surface area contributed by atoms with E-state index < -0.39 is 17.2 Å². The number of nitrogens with one attached hydrogen (secondary N) is 1. The second-order valence-electron chi connectivity index (χ2n) is 10.9. The highest BCUT2D eigenvalue weighted by Crippen LogP contribution is 2.47. The van der Waals surface area contributed by atoms with Gasteiger partial charge in [-0.2, -0.15) is 10.2 Å². The Kier molecular flexibility index (Phi) is 7.05. The zero-order chi connectivity index (χ0) is 28.7. The van der Waals surface area contributed by atoms with E-state index in [-0.39, 0.29) is 51.3 Å². The van der Waals surface area contributed by atoms with Gasteiger partial charge >= 0.3 is 0 Å². The molecule has 0 radical (unpaired) electrons. The Labute approximate surface area is 234 Å². The number of ether oxygens (including phenoxy) is 3. The van der Waals surface area contributed by atoms with Crippen LogP contribution >= 0.6 is 0 Å². The summed E-state index contributed by atoms with van der Waals surface area (Å²) >= 11 is 0. The first-order chi connectivity index (χ1) is 19.8. The van der Waals surface area contributed by atoms with Crippen LogP contribution in [-0.4, -0.2) is 60.0 Å². The van der Waals surface area contributed by atoms with Crippen LogP contribution in [-0.2, 0) is 4.74 Å². The topological polar surface area (TPSA) is 113 Å². The molecule has 1 N–H and O–H groups in total. The number of halogens is 2. The van der Waals surface area contributed by atoms with E-state index in [1.54, 1.807) is 6.07 Å². The molecular formula is C30H29F2N5O4. The summed E-state index contributed by atoms with van der Waals surface area (Å²) in [5, 5.41) is 10.3. The third kappa shape index (κ3) is 4.67. The van der Waals surface area contributed by atoms with E-state index >= 15 is 4.39 Å². The average Bonchev–Trinajstić information content (AvgIpc) is 3.41. The number of pyridine rings is 1. The Morgan fingerprint density at radius 3 is 2.85 bits per heavy atom. The van der Waals surface area contributed by atoms with Crippen molar-refractivity contribution in [2.45, 2.75) is 38.1 Å². The van der Waals surface area contributed by atoms with Crippen LogP contribution in [0.3, 0.4) is 0 Å². The number of hydrogen-bond acceptors (Lipinski definition) is 8. The Balaban J connectivity index is 1.45. The molecule has 9 nitrogen and oxygen atoms in total. The third-order valence-electron chi connectivity index (χ3n) is 8.50. The quantitative estimate of drug-likeness (QED) is 0.317. The van der Waals surface area contributed by atoms with Crippen molar-refractivity contribution in [2.24, 2.45) is 5.41 Å². The number of methoxy groups -OCH3 is 1. The lowest BCUT2D eigenvalue weighted by Gasteiger charge is -2.44. The van der Waals surface area contributed by atoms with Crippen molar-refractivity contribution < 1.29 is 23.0 Å². The molecule has 2 aromatic heterocycles. The fraction of sp³-hybridized carbons (Fsp3) is 0.400. The van der Waals surface area contributed by atoms with Gasteiger partial charge in [-0.1, -0.05) is 12.5 Å². The molecule has 11 heteroatoms. The van der Waals surface area contributed by atoms with Gasteiger partial charge in [0, 0.05) is 35.7 Å². The molecule has 1 aliphatic heterocycles. The van der Waals surface area contributed by atoms with E-state index in [0.29, 0.717) is 23.8 Å². The van der Waals surface area contributed by atoms with Gasteiger partial charge in [-0.3, -0.25) is 14.8 Å². The number of nitriles is 1. The largest absolute Gasteiger partial charge is 0.468 e. The first-order valence-electron chi connectivity index (χ1n) is 13.6. The number of rotatable bonds is 7. The number of piperidine rings is 1. The molecule has 2 aliphatic rings. The van der Waals surface area contributed by atoms with E-state index in [0.717, 1.165) is 44.7 Å². The van der Waals surface area contributed by atoms with Gasteiger partial charge in [-0.05, 0) is 62.9 Å². The number of aromatic nitrogens is 3. The SMILES string of the molecule is COCOc1cc(-c2ncc3c(=O)[nH]c(OC[C@]45CCC[C@H]4N(C)CCC5)nc3c2F)c2c(C#N)c(F)ccc2c1. The number of aromatic amines is 1. The number of fused-ring (bicyclic) bond motifs is 3. The minimum absolute atomic E-state index is 0.0399. The smallest absolute Gasteiger partial charge is 0.297 e. The molecule has 1 saturated heterocycles. The Morgan fingerprint density at radius 2 is 2.05 bits per heavy atom. The number of hydrogen-bond donors (Lipinski definition) is 1. The molecule has 2 fully saturated rings. The first kappa shape index (κ1) is 27.1. The van der Waals surface area contributed by atoms with Gasteiger partial charge in [-0.25, -0.2) is 8.78 Å². The highest BCUT2D eigenvalue weighted by atomic mass is 19.1. The molecular weight excluding hydrogens is 532 g/mol. The van der Waals surface area contributed by atoms with Gasteiger partial charge in [0.15, 0.2) is 12.6 Å². The fourth-order valence-electron chi connectivity index (χ4n) is 6.61. The van der Waals surface area contributed by atoms with Crippen molar-refractivity contribution in [3.8, 4) is 29.1 Å². The minimum atomic E-state index is -0.897. The molecule has 6 rings (SSSR count). The summed E-state index contributed by atoms with van der Waals surface area (Å²) in [7, 11) is 3.59. The van der Waals surface area contributed by atoms with Crippen LogP contribution in [0.1, 0.15) is 37.7 Å². The van der Waals surface area contributed by atoms with Gasteiger partial charge in [0.1, 0.15) is 28.8 Å². The van der Waals surface area contributed by atoms with E-state index in [1.807, 2.05) is 6.07 Å². The lowest BCUT2D eigenvalue weighted by atomic mass is 9.76. The van der Waals surface area contributed by atoms with Crippen molar-refractivity contribution in [2.75, 3.05) is 34.1 Å². The van der Waals surface area contributed by atoms with Gasteiger partial charge in [0.25, 0.3) is 11.6 Å². The third-order valence-corrected chi connectivity index (χ3v) is 8.50. The van der Waals surface area contributed by atoms with Crippen molar-refractivity contribution >= 4 is 21.7 Å². The predicted octanol–water partition coefficient (Wildman–Crippen LogP) is 4.91. The van der Waals surface area contributed by atoms with E-state index in [4.69, 9.17) is 14.2 Å². The summed E-state index contributed by atoms with van der Waals surface area (Å²) < 4.78 is 47.5. The van der Waals surface area contributed by atoms with Crippen LogP contribution in [0.4, 0.5) is 8.78 Å². The van der Waals surface area contributed by atoms with Crippen molar-refractivity contribution in [3.05, 3.63) is 58.0 Å². The van der Waals surface area contributed by atoms with E-state index in [9.17, 15) is 14.4 Å². The Hall–Kier alpha value is -4.14. The minimum Gasteiger partial charge on any atom is -0.468 e. The van der Waals surface area contributed by atoms with Crippen LogP contribution in [0, 0.1) is 28.4 Å². The van der Waals surface area contributed by atoms with Gasteiger partial charge in [0.2, 0.25) is 0 Å². The maximum atomic E-state index is 16.2. The monoisotopic (exact) mass is 561 g/mol. The van der Waals surface area contributed by atoms with Crippen LogP contribution in [0.25, 0.3) is 32.9 Å². The molecule has 2 atom stereocenters. The number of H-pyrrole nitrogens is 1. The highest BCUT2D eigenvalue weighted by Gasteiger charge is 2.47. The van der Waals surface area contributed by atoms with E-state index in [1.165, 1.54) is 25.4 Å². The van der Waals surface area contributed by atoms with Crippen LogP contribution in [0.2, 0.25) is 0 Å². The molecule has 0 amide bonds. The molecule has 0 bridgehead atoms. The molecule has 1 saturated carbocycles. The number of nitrogens with zero attached hydrogens (tertiary/aromatic N) is 4. The summed E-state index contributed by atoms with van der Waals surface area (Å²) in [6.45, 7) is 1.33. The number of benzene rings is 2. The van der Waals surface area contributed by atoms with Gasteiger partial charge in [0.05, 0.1) is 17.6 Å². The highest BCUT2D eigenvalue weighted by molar-refractivity contribution is 6.02. The summed E-state index contributed by atoms with van der Waals surface area (Å²) in [5.41, 5.74) is -1.22. The maximum Gasteiger partial charge on any atom is 0.297 e. The van der Waals surface area contributed by atoms with Crippen molar-refractivity contribution in [3.63, 3.8) is 0 Å². The van der Waals surface area contributed by atoms with Crippen LogP contribution in [0.15, 0.2) is 35.3 Å². The summed E-state index contributed by atoms with van der Waals surface area (Å²) in [5.74, 6) is -1.35. The summed E-state index contributed by atoms with van der Waals surface area (Å²) in [4.78, 5) is 26.5. The summed E-state index contributed by atoms with van der Waals surface area (Å²) in [6.07, 6.45) is 6.52. The average molecular weight is 562 g/mol. The molecule has 4 aromatic rings. The molecule has 1 aliphatic carbocycles. The number of likely N-dealkylation sites (tertiary alicyclic amines) is 1. The Bertz CT molecular complexity index is 1750. The molecule has 2 aromatic carbocycles. The molecule has 212 valence electrons. The van der Waals surface area contributed by atoms with Gasteiger partial charge < -0.3 is 19.1 Å². The van der Waals surface area contributed by atoms with Crippen molar-refractivity contribution in [1.82, 2.24) is 19.9 Å². The molecule has 0 spiro atoms. The normalized spacial score (nSPS) is 20.7. The molecule has 41 heavy (non-hydrogen) atoms. The lowest BCUT2D eigenvalue weighted by Crippen LogP contribution is -2.50. The Morgan fingerprint density at radius 1 is 1.22 bits per heavy atom. The van der Waals surface area contributed by atoms with Gasteiger partial charge in [-0.15, -0.1) is 0 Å². The van der Waals surface area contributed by atoms with Crippen LogP contribution < -0.4 is 15.0 Å². The standard InChI is InChI=1S/C30H29F2N5O4/c1-37-10-4-9-30(8-3-5-23(30)37)15-40-29-35-27-21(28(38)36-29)14-34-26(25(27)32)19-12-18(41-16-39-2)11-17-6-7-22(31)20(13-33)24(17)19/h6-7,11-12,14,23H,3-5,8-10,15-16H2,1-2H3,(H,35,36,38)/t23-,30-/m1/s1. The second-order valence-corrected chi connectivity index (χ2v) is 10.9. The lowest BCUT2D eigenvalue weighted by molar-refractivity contribution is 0.0132. The fourth-order valence-corrected chi connectivity index (χ4v) is 6.61. The molecule has 0 unspecified atom stereocenters. The first-order valence-corrected chi connectivity index (χ1v) is 13.6. The van der Waals surface area contributed by atoms with E-state index in [2.05, 4.69) is 26.9 Å². The molecule has 3 heterocycles. The second kappa shape index (κ2) is 10.7. The van der Waals surface area contributed by atoms with Crippen molar-refractivity contribution in [1.29, 1.82) is 5.26 Å². The summed E-state index contributed by atoms with van der Waals surface area (Å²) in [6, 6.07) is 7.89. The zero-order valence-corrected chi connectivity index (χ0v) is 22.8. The maximum absolute atomic E-state index is 16.2.